The highest BCUT2D eigenvalue weighted by Gasteiger charge is 2.23. The van der Waals surface area contributed by atoms with Gasteiger partial charge in [-0.25, -0.2) is 19.5 Å². The molecule has 5 heterocycles. The third-order valence-corrected chi connectivity index (χ3v) is 4.93. The number of nitrogens with one attached hydrogen (secondary N) is 1. The van der Waals surface area contributed by atoms with Gasteiger partial charge in [-0.1, -0.05) is 0 Å². The number of hydrogen-bond acceptors (Lipinski definition) is 7. The Hall–Kier alpha value is -3.07. The van der Waals surface area contributed by atoms with Crippen molar-refractivity contribution >= 4 is 28.3 Å². The predicted octanol–water partition coefficient (Wildman–Crippen LogP) is 2.35. The van der Waals surface area contributed by atoms with Crippen LogP contribution in [0.3, 0.4) is 0 Å². The van der Waals surface area contributed by atoms with Crippen molar-refractivity contribution in [3.05, 3.63) is 36.0 Å². The van der Waals surface area contributed by atoms with E-state index in [0.717, 1.165) is 34.4 Å². The molecule has 27 heavy (non-hydrogen) atoms. The third kappa shape index (κ3) is 2.80. The summed E-state index contributed by atoms with van der Waals surface area (Å²) in [6, 6.07) is 1.91. The molecule has 4 aromatic heterocycles. The molecule has 1 fully saturated rings. The summed E-state index contributed by atoms with van der Waals surface area (Å²) in [7, 11) is 0. The average Bonchev–Trinajstić information content (AvgIpc) is 3.32. The summed E-state index contributed by atoms with van der Waals surface area (Å²) in [4.78, 5) is 13.2. The van der Waals surface area contributed by atoms with E-state index in [1.165, 1.54) is 12.5 Å². The Kier molecular flexibility index (Phi) is 3.06. The molecular formula is C18H20N8O. The first-order chi connectivity index (χ1) is 14.4. The van der Waals surface area contributed by atoms with Crippen LogP contribution in [0.4, 0.5) is 11.6 Å². The molecule has 1 aliphatic heterocycles. The van der Waals surface area contributed by atoms with Gasteiger partial charge in [0.05, 0.1) is 23.8 Å². The fourth-order valence-electron chi connectivity index (χ4n) is 3.44. The summed E-state index contributed by atoms with van der Waals surface area (Å²) in [6.45, 7) is 0.796. The zero-order valence-electron chi connectivity index (χ0n) is 17.8. The van der Waals surface area contributed by atoms with Crippen LogP contribution in [-0.2, 0) is 11.7 Å². The Bertz CT molecular complexity index is 1230. The lowest BCUT2D eigenvalue weighted by Crippen LogP contribution is -2.15. The number of fused-ring (bicyclic) bond motifs is 2. The Morgan fingerprint density at radius 3 is 3.04 bits per heavy atom. The van der Waals surface area contributed by atoms with Crippen molar-refractivity contribution in [1.82, 2.24) is 34.3 Å². The molecule has 0 saturated carbocycles. The Morgan fingerprint density at radius 1 is 1.30 bits per heavy atom. The second kappa shape index (κ2) is 6.27. The van der Waals surface area contributed by atoms with Gasteiger partial charge in [0.15, 0.2) is 5.65 Å². The molecule has 0 unspecified atom stereocenters. The van der Waals surface area contributed by atoms with Gasteiger partial charge in [0.25, 0.3) is 0 Å². The van der Waals surface area contributed by atoms with Crippen molar-refractivity contribution in [3.63, 3.8) is 0 Å². The molecule has 1 saturated heterocycles. The first-order valence-electron chi connectivity index (χ1n) is 10.3. The fraction of sp³-hybridized carbons (Fsp3) is 0.389. The van der Waals surface area contributed by atoms with E-state index < -0.39 is 6.98 Å². The summed E-state index contributed by atoms with van der Waals surface area (Å²) in [5.74, 6) is 0.462. The van der Waals surface area contributed by atoms with E-state index in [1.807, 2.05) is 19.2 Å². The average molecular weight is 367 g/mol. The molecular weight excluding hydrogens is 344 g/mol. The number of nitrogens with zero attached hydrogens (tertiary/aromatic N) is 7. The van der Waals surface area contributed by atoms with E-state index in [0.29, 0.717) is 35.9 Å². The first-order valence-corrected chi connectivity index (χ1v) is 8.81. The number of ether oxygens (including phenoxy) is 1. The first kappa shape index (κ1) is 13.2. The largest absolute Gasteiger partial charge is 0.381 e. The van der Waals surface area contributed by atoms with Crippen LogP contribution in [0.15, 0.2) is 24.8 Å². The molecule has 0 aromatic carbocycles. The maximum Gasteiger partial charge on any atom is 0.227 e. The lowest BCUT2D eigenvalue weighted by atomic mass is 9.96. The molecule has 9 heteroatoms. The van der Waals surface area contributed by atoms with E-state index in [-0.39, 0.29) is 5.92 Å². The van der Waals surface area contributed by atoms with Gasteiger partial charge in [-0.3, -0.25) is 4.68 Å². The highest BCUT2D eigenvalue weighted by atomic mass is 16.5. The van der Waals surface area contributed by atoms with Crippen LogP contribution in [0.2, 0.25) is 0 Å². The highest BCUT2D eigenvalue weighted by Crippen LogP contribution is 2.31. The van der Waals surface area contributed by atoms with Crippen LogP contribution in [0, 0.1) is 6.92 Å². The monoisotopic (exact) mass is 367 g/mol. The Morgan fingerprint density at radius 2 is 2.19 bits per heavy atom. The maximum atomic E-state index is 7.83. The molecule has 5 rings (SSSR count). The molecule has 1 aliphatic rings. The van der Waals surface area contributed by atoms with Gasteiger partial charge in [0.2, 0.25) is 5.95 Å². The Labute approximate surface area is 159 Å². The Balaban J connectivity index is 1.58. The molecule has 0 aliphatic carbocycles. The third-order valence-electron chi connectivity index (χ3n) is 4.93. The summed E-state index contributed by atoms with van der Waals surface area (Å²) in [5, 5.41) is 11.8. The summed E-state index contributed by atoms with van der Waals surface area (Å²) < 4.78 is 31.6. The van der Waals surface area contributed by atoms with Crippen molar-refractivity contribution in [2.45, 2.75) is 25.7 Å². The molecule has 0 spiro atoms. The number of rotatable bonds is 3. The van der Waals surface area contributed by atoms with Gasteiger partial charge in [-0.15, -0.1) is 0 Å². The van der Waals surface area contributed by atoms with E-state index in [9.17, 15) is 0 Å². The number of aryl methyl sites for hydroxylation is 2. The minimum Gasteiger partial charge on any atom is -0.381 e. The fourth-order valence-corrected chi connectivity index (χ4v) is 3.44. The van der Waals surface area contributed by atoms with Crippen LogP contribution in [0.5, 0.6) is 0 Å². The smallest absolute Gasteiger partial charge is 0.227 e. The van der Waals surface area contributed by atoms with Crippen LogP contribution < -0.4 is 5.32 Å². The topological polar surface area (TPSA) is 95.0 Å². The zero-order valence-corrected chi connectivity index (χ0v) is 14.8. The van der Waals surface area contributed by atoms with Crippen molar-refractivity contribution in [3.8, 4) is 0 Å². The van der Waals surface area contributed by atoms with E-state index >= 15 is 0 Å². The van der Waals surface area contributed by atoms with Crippen LogP contribution >= 0.6 is 0 Å². The minimum atomic E-state index is -2.41. The number of anilines is 2. The number of pyridine rings is 1. The van der Waals surface area contributed by atoms with E-state index in [4.69, 9.17) is 8.85 Å². The van der Waals surface area contributed by atoms with Crippen molar-refractivity contribution in [1.29, 1.82) is 0 Å². The van der Waals surface area contributed by atoms with Gasteiger partial charge in [-0.2, -0.15) is 10.2 Å². The molecule has 0 amide bonds. The van der Waals surface area contributed by atoms with E-state index in [2.05, 4.69) is 30.5 Å². The van der Waals surface area contributed by atoms with E-state index in [1.54, 1.807) is 4.52 Å². The lowest BCUT2D eigenvalue weighted by Gasteiger charge is -2.20. The normalized spacial score (nSPS) is 17.7. The minimum absolute atomic E-state index is 0.0980. The van der Waals surface area contributed by atoms with Crippen molar-refractivity contribution in [2.24, 2.45) is 6.98 Å². The summed E-state index contributed by atoms with van der Waals surface area (Å²) in [5.41, 5.74) is 4.11. The van der Waals surface area contributed by atoms with Crippen LogP contribution in [0.25, 0.3) is 16.7 Å². The van der Waals surface area contributed by atoms with Crippen molar-refractivity contribution < 1.29 is 8.85 Å². The summed E-state index contributed by atoms with van der Waals surface area (Å²) >= 11 is 0. The van der Waals surface area contributed by atoms with Gasteiger partial charge >= 0.3 is 0 Å². The molecule has 0 atom stereocenters. The maximum absolute atomic E-state index is 7.83. The molecule has 9 nitrogen and oxygen atoms in total. The van der Waals surface area contributed by atoms with Gasteiger partial charge < -0.3 is 10.1 Å². The summed E-state index contributed by atoms with van der Waals surface area (Å²) in [6.07, 6.45) is 6.38. The standard InChI is InChI=1S/C18H20N8O/c1-11-7-15-20-10-21-26(15)9-13(11)22-18-19-8-14-17(23-18)16(24-25(14)2)12-3-5-27-6-4-12/h7-10,12H,3-6H2,1-2H3,(H,19,22,23)/i2D3. The van der Waals surface area contributed by atoms with Crippen LogP contribution in [-0.4, -0.2) is 47.6 Å². The zero-order chi connectivity index (χ0) is 20.9. The number of aromatic nitrogens is 7. The van der Waals surface area contributed by atoms with Gasteiger partial charge in [0.1, 0.15) is 17.4 Å². The second-order valence-electron chi connectivity index (χ2n) is 6.67. The van der Waals surface area contributed by atoms with Crippen molar-refractivity contribution in [2.75, 3.05) is 18.5 Å². The molecule has 138 valence electrons. The molecule has 4 aromatic rings. The second-order valence-corrected chi connectivity index (χ2v) is 6.67. The molecule has 0 radical (unpaired) electrons. The quantitative estimate of drug-likeness (QED) is 0.594. The van der Waals surface area contributed by atoms with Gasteiger partial charge in [-0.05, 0) is 31.4 Å². The molecule has 1 N–H and O–H groups in total. The van der Waals surface area contributed by atoms with Gasteiger partial charge in [0, 0.05) is 30.2 Å². The lowest BCUT2D eigenvalue weighted by molar-refractivity contribution is 0.0846. The highest BCUT2D eigenvalue weighted by molar-refractivity contribution is 5.79. The predicted molar refractivity (Wildman–Crippen MR) is 100 cm³/mol. The van der Waals surface area contributed by atoms with Crippen LogP contribution in [0.1, 0.15) is 34.1 Å². The SMILES string of the molecule is [2H]C([2H])([2H])n1nc(C2CCOCC2)c2nc(Nc3cn4ncnc4cc3C)ncc21. The number of hydrogen-bond donors (Lipinski definition) is 1. The molecule has 0 bridgehead atoms.